The van der Waals surface area contributed by atoms with Crippen molar-refractivity contribution in [3.8, 4) is 11.5 Å². The van der Waals surface area contributed by atoms with Gasteiger partial charge < -0.3 is 14.8 Å². The van der Waals surface area contributed by atoms with Gasteiger partial charge in [0.25, 0.3) is 15.9 Å². The Morgan fingerprint density at radius 2 is 1.68 bits per heavy atom. The van der Waals surface area contributed by atoms with E-state index in [0.29, 0.717) is 11.4 Å². The van der Waals surface area contributed by atoms with Crippen molar-refractivity contribution in [3.05, 3.63) is 78.4 Å². The molecule has 3 rings (SSSR count). The van der Waals surface area contributed by atoms with Crippen molar-refractivity contribution >= 4 is 27.3 Å². The first kappa shape index (κ1) is 22.0. The highest BCUT2D eigenvalue weighted by Gasteiger charge is 2.18. The zero-order valence-electron chi connectivity index (χ0n) is 16.2. The second-order valence-electron chi connectivity index (χ2n) is 6.19. The topological polar surface area (TPSA) is 93.7 Å². The van der Waals surface area contributed by atoms with E-state index in [1.54, 1.807) is 24.3 Å². The first-order valence-corrected chi connectivity index (χ1v) is 10.4. The van der Waals surface area contributed by atoms with Crippen LogP contribution in [0.4, 0.5) is 20.2 Å². The SMILES string of the molecule is COc1ccccc1NS(=O)(=O)c1cccc(C(=O)Nc2ccc(OC(F)F)cc2)c1. The lowest BCUT2D eigenvalue weighted by atomic mass is 10.2. The van der Waals surface area contributed by atoms with Crippen LogP contribution in [0.3, 0.4) is 0 Å². The van der Waals surface area contributed by atoms with E-state index in [1.165, 1.54) is 55.6 Å². The number of alkyl halides is 2. The van der Waals surface area contributed by atoms with Gasteiger partial charge >= 0.3 is 6.61 Å². The van der Waals surface area contributed by atoms with Crippen LogP contribution in [-0.4, -0.2) is 28.0 Å². The van der Waals surface area contributed by atoms with Crippen LogP contribution in [0.5, 0.6) is 11.5 Å². The van der Waals surface area contributed by atoms with Gasteiger partial charge in [0.2, 0.25) is 0 Å². The summed E-state index contributed by atoms with van der Waals surface area (Å²) in [7, 11) is -2.57. The number of halogens is 2. The van der Waals surface area contributed by atoms with Crippen LogP contribution in [0.25, 0.3) is 0 Å². The van der Waals surface area contributed by atoms with E-state index in [1.807, 2.05) is 0 Å². The minimum Gasteiger partial charge on any atom is -0.495 e. The van der Waals surface area contributed by atoms with Gasteiger partial charge in [-0.3, -0.25) is 9.52 Å². The number of ether oxygens (including phenoxy) is 2. The van der Waals surface area contributed by atoms with Crippen LogP contribution < -0.4 is 19.5 Å². The minimum atomic E-state index is -3.99. The average Bonchev–Trinajstić information content (AvgIpc) is 2.75. The maximum Gasteiger partial charge on any atom is 0.387 e. The van der Waals surface area contributed by atoms with Crippen LogP contribution >= 0.6 is 0 Å². The van der Waals surface area contributed by atoms with E-state index >= 15 is 0 Å². The highest BCUT2D eigenvalue weighted by molar-refractivity contribution is 7.92. The number of carbonyl (C=O) groups is 1. The van der Waals surface area contributed by atoms with Crippen molar-refractivity contribution in [3.63, 3.8) is 0 Å². The molecule has 10 heteroatoms. The van der Waals surface area contributed by atoms with Gasteiger partial charge in [-0.25, -0.2) is 8.42 Å². The quantitative estimate of drug-likeness (QED) is 0.534. The smallest absolute Gasteiger partial charge is 0.387 e. The van der Waals surface area contributed by atoms with Gasteiger partial charge in [-0.2, -0.15) is 8.78 Å². The highest BCUT2D eigenvalue weighted by atomic mass is 32.2. The van der Waals surface area contributed by atoms with Crippen LogP contribution in [-0.2, 0) is 10.0 Å². The standard InChI is InChI=1S/C21H18F2N2O5S/c1-29-19-8-3-2-7-18(19)25-31(27,28)17-6-4-5-14(13-17)20(26)24-15-9-11-16(12-10-15)30-21(22)23/h2-13,21,25H,1H3,(H,24,26). The molecule has 31 heavy (non-hydrogen) atoms. The molecule has 0 saturated carbocycles. The summed E-state index contributed by atoms with van der Waals surface area (Å²) >= 11 is 0. The molecule has 162 valence electrons. The Labute approximate surface area is 177 Å². The number of anilines is 2. The Hall–Kier alpha value is -3.66. The monoisotopic (exact) mass is 448 g/mol. The van der Waals surface area contributed by atoms with Crippen molar-refractivity contribution in [1.82, 2.24) is 0 Å². The summed E-state index contributed by atoms with van der Waals surface area (Å²) in [6.45, 7) is -2.95. The fourth-order valence-electron chi connectivity index (χ4n) is 2.66. The molecule has 1 amide bonds. The third-order valence-electron chi connectivity index (χ3n) is 4.10. The van der Waals surface area contributed by atoms with Gasteiger partial charge in [0, 0.05) is 11.3 Å². The number of methoxy groups -OCH3 is 1. The lowest BCUT2D eigenvalue weighted by Gasteiger charge is -2.12. The Morgan fingerprint density at radius 3 is 2.35 bits per heavy atom. The summed E-state index contributed by atoms with van der Waals surface area (Å²) in [6, 6.07) is 17.3. The summed E-state index contributed by atoms with van der Waals surface area (Å²) in [5.74, 6) is -0.278. The molecule has 3 aromatic carbocycles. The van der Waals surface area contributed by atoms with Gasteiger partial charge in [0.1, 0.15) is 11.5 Å². The number of hydrogen-bond donors (Lipinski definition) is 2. The number of amides is 1. The van der Waals surface area contributed by atoms with E-state index in [4.69, 9.17) is 4.74 Å². The second kappa shape index (κ2) is 9.43. The summed E-state index contributed by atoms with van der Waals surface area (Å²) < 4.78 is 61.8. The van der Waals surface area contributed by atoms with Crippen LogP contribution in [0.2, 0.25) is 0 Å². The van der Waals surface area contributed by atoms with Gasteiger partial charge in [0.15, 0.2) is 0 Å². The van der Waals surface area contributed by atoms with Crippen LogP contribution in [0.15, 0.2) is 77.7 Å². The second-order valence-corrected chi connectivity index (χ2v) is 7.87. The Bertz CT molecular complexity index is 1170. The molecule has 0 heterocycles. The van der Waals surface area contributed by atoms with Gasteiger partial charge in [-0.15, -0.1) is 0 Å². The summed E-state index contributed by atoms with van der Waals surface area (Å²) in [4.78, 5) is 12.4. The summed E-state index contributed by atoms with van der Waals surface area (Å²) in [6.07, 6.45) is 0. The lowest BCUT2D eigenvalue weighted by Crippen LogP contribution is -2.16. The zero-order valence-corrected chi connectivity index (χ0v) is 17.0. The minimum absolute atomic E-state index is 0.0523. The third-order valence-corrected chi connectivity index (χ3v) is 5.46. The number of para-hydroxylation sites is 2. The molecule has 0 radical (unpaired) electrons. The number of nitrogens with one attached hydrogen (secondary N) is 2. The van der Waals surface area contributed by atoms with E-state index < -0.39 is 22.5 Å². The Kier molecular flexibility index (Phi) is 6.71. The summed E-state index contributed by atoms with van der Waals surface area (Å²) in [5.41, 5.74) is 0.675. The highest BCUT2D eigenvalue weighted by Crippen LogP contribution is 2.26. The number of hydrogen-bond acceptors (Lipinski definition) is 5. The molecule has 7 nitrogen and oxygen atoms in total. The van der Waals surface area contributed by atoms with E-state index in [0.717, 1.165) is 0 Å². The van der Waals surface area contributed by atoms with Crippen molar-refractivity contribution in [1.29, 1.82) is 0 Å². The van der Waals surface area contributed by atoms with Crippen molar-refractivity contribution in [2.45, 2.75) is 11.5 Å². The van der Waals surface area contributed by atoms with Gasteiger partial charge in [0.05, 0.1) is 17.7 Å². The normalized spacial score (nSPS) is 11.1. The molecular formula is C21H18F2N2O5S. The van der Waals surface area contributed by atoms with Gasteiger partial charge in [-0.05, 0) is 54.6 Å². The maximum absolute atomic E-state index is 12.8. The fourth-order valence-corrected chi connectivity index (χ4v) is 3.78. The van der Waals surface area contributed by atoms with Crippen LogP contribution in [0.1, 0.15) is 10.4 Å². The lowest BCUT2D eigenvalue weighted by molar-refractivity contribution is -0.0498. The third kappa shape index (κ3) is 5.70. The molecule has 0 aliphatic carbocycles. The molecule has 0 atom stereocenters. The molecule has 0 unspecified atom stereocenters. The molecule has 0 aliphatic heterocycles. The van der Waals surface area contributed by atoms with Crippen molar-refractivity contribution < 1.29 is 31.5 Å². The maximum atomic E-state index is 12.8. The van der Waals surface area contributed by atoms with E-state index in [-0.39, 0.29) is 21.9 Å². The number of rotatable bonds is 8. The molecule has 0 fully saturated rings. The van der Waals surface area contributed by atoms with E-state index in [2.05, 4.69) is 14.8 Å². The number of benzene rings is 3. The average molecular weight is 448 g/mol. The molecule has 2 N–H and O–H groups in total. The van der Waals surface area contributed by atoms with Crippen molar-refractivity contribution in [2.24, 2.45) is 0 Å². The largest absolute Gasteiger partial charge is 0.495 e. The van der Waals surface area contributed by atoms with Gasteiger partial charge in [-0.1, -0.05) is 18.2 Å². The van der Waals surface area contributed by atoms with Crippen molar-refractivity contribution in [2.75, 3.05) is 17.1 Å². The predicted octanol–water partition coefficient (Wildman–Crippen LogP) is 4.35. The van der Waals surface area contributed by atoms with Crippen LogP contribution in [0, 0.1) is 0 Å². The molecular weight excluding hydrogens is 430 g/mol. The first-order chi connectivity index (χ1) is 14.8. The Balaban J connectivity index is 1.76. The number of carbonyl (C=O) groups excluding carboxylic acids is 1. The molecule has 3 aromatic rings. The zero-order chi connectivity index (χ0) is 22.4. The molecule has 0 aliphatic rings. The predicted molar refractivity (Wildman–Crippen MR) is 111 cm³/mol. The molecule has 0 aromatic heterocycles. The Morgan fingerprint density at radius 1 is 0.968 bits per heavy atom. The fraction of sp³-hybridized carbons (Fsp3) is 0.0952. The summed E-state index contributed by atoms with van der Waals surface area (Å²) in [5, 5.41) is 2.57. The molecule has 0 bridgehead atoms. The molecule has 0 spiro atoms. The first-order valence-electron chi connectivity index (χ1n) is 8.90. The molecule has 0 saturated heterocycles. The number of sulfonamides is 1. The van der Waals surface area contributed by atoms with E-state index in [9.17, 15) is 22.0 Å².